The third-order valence-electron chi connectivity index (χ3n) is 1.08. The van der Waals surface area contributed by atoms with Crippen molar-refractivity contribution in [1.29, 1.82) is 0 Å². The number of ether oxygens (including phenoxy) is 2. The highest BCUT2D eigenvalue weighted by Gasteiger charge is 2.01. The lowest BCUT2D eigenvalue weighted by molar-refractivity contribution is -0.138. The quantitative estimate of drug-likeness (QED) is 0.398. The van der Waals surface area contributed by atoms with E-state index in [1.54, 1.807) is 0 Å². The number of hydrogen-bond acceptors (Lipinski definition) is 4. The minimum Gasteiger partial charge on any atom is -0.476 e. The zero-order chi connectivity index (χ0) is 10.3. The number of esters is 1. The Labute approximate surface area is 78.7 Å². The molecular formula is C9H17NO3. The van der Waals surface area contributed by atoms with Gasteiger partial charge in [-0.3, -0.25) is 0 Å². The molecule has 0 rings (SSSR count). The predicted octanol–water partition coefficient (Wildman–Crippen LogP) is 1.16. The minimum absolute atomic E-state index is 0.0322. The van der Waals surface area contributed by atoms with Crippen LogP contribution in [0.2, 0.25) is 0 Å². The Balaban J connectivity index is 3.84. The lowest BCUT2D eigenvalue weighted by Gasteiger charge is -2.08. The van der Waals surface area contributed by atoms with Gasteiger partial charge in [0.05, 0.1) is 18.8 Å². The predicted molar refractivity (Wildman–Crippen MR) is 49.7 cm³/mol. The number of carbonyl (C=O) groups is 1. The highest BCUT2D eigenvalue weighted by atomic mass is 16.5. The van der Waals surface area contributed by atoms with Crippen LogP contribution in [0.15, 0.2) is 12.0 Å². The van der Waals surface area contributed by atoms with E-state index in [0.717, 1.165) is 12.5 Å². The van der Waals surface area contributed by atoms with Gasteiger partial charge in [-0.25, -0.2) is 4.79 Å². The smallest absolute Gasteiger partial charge is 0.336 e. The van der Waals surface area contributed by atoms with Crippen molar-refractivity contribution in [2.24, 2.45) is 5.73 Å². The summed E-state index contributed by atoms with van der Waals surface area (Å²) < 4.78 is 9.81. The molecule has 0 aromatic heterocycles. The van der Waals surface area contributed by atoms with Crippen LogP contribution in [0.4, 0.5) is 0 Å². The molecule has 0 unspecified atom stereocenters. The molecule has 76 valence electrons. The lowest BCUT2D eigenvalue weighted by Crippen LogP contribution is -2.12. The van der Waals surface area contributed by atoms with Gasteiger partial charge in [-0.05, 0) is 20.3 Å². The minimum atomic E-state index is -0.458. The second-order valence-corrected chi connectivity index (χ2v) is 2.88. The van der Waals surface area contributed by atoms with E-state index in [9.17, 15) is 4.79 Å². The second kappa shape index (κ2) is 6.34. The largest absolute Gasteiger partial charge is 0.476 e. The summed E-state index contributed by atoms with van der Waals surface area (Å²) in [6.45, 7) is 5.99. The summed E-state index contributed by atoms with van der Waals surface area (Å²) in [4.78, 5) is 10.9. The van der Waals surface area contributed by atoms with Crippen molar-refractivity contribution in [1.82, 2.24) is 0 Å². The molecule has 13 heavy (non-hydrogen) atoms. The van der Waals surface area contributed by atoms with Gasteiger partial charge in [0.15, 0.2) is 5.88 Å². The molecule has 0 saturated heterocycles. The summed E-state index contributed by atoms with van der Waals surface area (Å²) in [6.07, 6.45) is 1.91. The van der Waals surface area contributed by atoms with Gasteiger partial charge in [-0.2, -0.15) is 0 Å². The van der Waals surface area contributed by atoms with E-state index in [2.05, 4.69) is 0 Å². The third-order valence-corrected chi connectivity index (χ3v) is 1.08. The van der Waals surface area contributed by atoms with E-state index >= 15 is 0 Å². The maximum atomic E-state index is 10.9. The fourth-order valence-electron chi connectivity index (χ4n) is 0.667. The average Bonchev–Trinajstić information content (AvgIpc) is 1.98. The molecule has 0 aliphatic carbocycles. The van der Waals surface area contributed by atoms with E-state index in [1.165, 1.54) is 0 Å². The van der Waals surface area contributed by atoms with Gasteiger partial charge >= 0.3 is 5.97 Å². The lowest BCUT2D eigenvalue weighted by atomic mass is 10.5. The number of rotatable bonds is 5. The highest BCUT2D eigenvalue weighted by Crippen LogP contribution is 1.96. The molecule has 0 radical (unpaired) electrons. The van der Waals surface area contributed by atoms with Crippen LogP contribution in [0.3, 0.4) is 0 Å². The van der Waals surface area contributed by atoms with E-state index in [-0.39, 0.29) is 12.0 Å². The van der Waals surface area contributed by atoms with Crippen LogP contribution in [-0.2, 0) is 14.3 Å². The van der Waals surface area contributed by atoms with Crippen LogP contribution >= 0.6 is 0 Å². The van der Waals surface area contributed by atoms with Crippen molar-refractivity contribution in [3.8, 4) is 0 Å². The number of nitrogens with two attached hydrogens (primary N) is 1. The Kier molecular flexibility index (Phi) is 5.76. The molecule has 0 aliphatic rings. The van der Waals surface area contributed by atoms with Crippen LogP contribution in [0.1, 0.15) is 27.2 Å². The SMILES string of the molecule is CCCOC(=O)C=C(N)OC(C)C. The number of carbonyl (C=O) groups excluding carboxylic acids is 1. The van der Waals surface area contributed by atoms with Gasteiger partial charge in [0.2, 0.25) is 0 Å². The Bertz CT molecular complexity index is 187. The van der Waals surface area contributed by atoms with Gasteiger partial charge in [-0.15, -0.1) is 0 Å². The van der Waals surface area contributed by atoms with Gasteiger partial charge in [0.1, 0.15) is 0 Å². The van der Waals surface area contributed by atoms with Crippen molar-refractivity contribution >= 4 is 5.97 Å². The van der Waals surface area contributed by atoms with Crippen molar-refractivity contribution in [3.63, 3.8) is 0 Å². The monoisotopic (exact) mass is 187 g/mol. The van der Waals surface area contributed by atoms with Crippen LogP contribution in [0, 0.1) is 0 Å². The molecule has 0 aliphatic heterocycles. The van der Waals surface area contributed by atoms with Crippen LogP contribution in [0.25, 0.3) is 0 Å². The van der Waals surface area contributed by atoms with Crippen LogP contribution in [0.5, 0.6) is 0 Å². The summed E-state index contributed by atoms with van der Waals surface area (Å²) in [5, 5.41) is 0. The first kappa shape index (κ1) is 11.8. The fourth-order valence-corrected chi connectivity index (χ4v) is 0.667. The first-order chi connectivity index (χ1) is 6.06. The maximum Gasteiger partial charge on any atom is 0.336 e. The van der Waals surface area contributed by atoms with E-state index < -0.39 is 5.97 Å². The summed E-state index contributed by atoms with van der Waals surface area (Å²) in [5.74, 6) is -0.365. The molecule has 0 amide bonds. The normalized spacial score (nSPS) is 11.5. The molecular weight excluding hydrogens is 170 g/mol. The first-order valence-electron chi connectivity index (χ1n) is 4.36. The van der Waals surface area contributed by atoms with Crippen molar-refractivity contribution in [2.75, 3.05) is 6.61 Å². The standard InChI is InChI=1S/C9H17NO3/c1-4-5-12-9(11)6-8(10)13-7(2)3/h6-7H,4-5,10H2,1-3H3. The Morgan fingerprint density at radius 3 is 2.62 bits per heavy atom. The van der Waals surface area contributed by atoms with Crippen molar-refractivity contribution < 1.29 is 14.3 Å². The highest BCUT2D eigenvalue weighted by molar-refractivity contribution is 5.82. The molecule has 0 fully saturated rings. The Hall–Kier alpha value is -1.19. The zero-order valence-corrected chi connectivity index (χ0v) is 8.37. The summed E-state index contributed by atoms with van der Waals surface area (Å²) in [5.41, 5.74) is 5.39. The maximum absolute atomic E-state index is 10.9. The molecule has 0 aromatic rings. The van der Waals surface area contributed by atoms with Gasteiger partial charge < -0.3 is 15.2 Å². The fraction of sp³-hybridized carbons (Fsp3) is 0.667. The summed E-state index contributed by atoms with van der Waals surface area (Å²) >= 11 is 0. The van der Waals surface area contributed by atoms with Crippen LogP contribution in [-0.4, -0.2) is 18.7 Å². The summed E-state index contributed by atoms with van der Waals surface area (Å²) in [7, 11) is 0. The van der Waals surface area contributed by atoms with E-state index in [4.69, 9.17) is 15.2 Å². The molecule has 0 spiro atoms. The van der Waals surface area contributed by atoms with Crippen molar-refractivity contribution in [2.45, 2.75) is 33.3 Å². The Morgan fingerprint density at radius 1 is 1.54 bits per heavy atom. The van der Waals surface area contributed by atoms with Gasteiger partial charge in [0.25, 0.3) is 0 Å². The topological polar surface area (TPSA) is 61.5 Å². The average molecular weight is 187 g/mol. The molecule has 0 bridgehead atoms. The molecule has 4 heteroatoms. The molecule has 4 nitrogen and oxygen atoms in total. The molecule has 0 heterocycles. The Morgan fingerprint density at radius 2 is 2.15 bits per heavy atom. The molecule has 0 atom stereocenters. The van der Waals surface area contributed by atoms with E-state index in [0.29, 0.717) is 6.61 Å². The molecule has 2 N–H and O–H groups in total. The second-order valence-electron chi connectivity index (χ2n) is 2.88. The first-order valence-corrected chi connectivity index (χ1v) is 4.36. The van der Waals surface area contributed by atoms with Gasteiger partial charge in [-0.1, -0.05) is 6.92 Å². The van der Waals surface area contributed by atoms with E-state index in [1.807, 2.05) is 20.8 Å². The van der Waals surface area contributed by atoms with Gasteiger partial charge in [0, 0.05) is 0 Å². The van der Waals surface area contributed by atoms with Crippen LogP contribution < -0.4 is 5.73 Å². The van der Waals surface area contributed by atoms with Crippen molar-refractivity contribution in [3.05, 3.63) is 12.0 Å². The number of hydrogen-bond donors (Lipinski definition) is 1. The zero-order valence-electron chi connectivity index (χ0n) is 8.37. The molecule has 0 saturated carbocycles. The molecule has 0 aromatic carbocycles. The summed E-state index contributed by atoms with van der Waals surface area (Å²) in [6, 6.07) is 0. The third kappa shape index (κ3) is 7.18.